The van der Waals surface area contributed by atoms with Gasteiger partial charge in [-0.3, -0.25) is 0 Å². The number of ether oxygens (including phenoxy) is 1. The zero-order valence-electron chi connectivity index (χ0n) is 11.5. The SMILES string of the molecule is COCC1CCN(CCNc2ccccc2C)C1. The van der Waals surface area contributed by atoms with Gasteiger partial charge >= 0.3 is 0 Å². The largest absolute Gasteiger partial charge is 0.384 e. The smallest absolute Gasteiger partial charge is 0.0503 e. The first kappa shape index (κ1) is 13.4. The minimum atomic E-state index is 0.730. The van der Waals surface area contributed by atoms with Crippen LogP contribution in [0.4, 0.5) is 5.69 Å². The van der Waals surface area contributed by atoms with Crippen molar-refractivity contribution in [3.8, 4) is 0 Å². The number of benzene rings is 1. The fourth-order valence-electron chi connectivity index (χ4n) is 2.61. The minimum Gasteiger partial charge on any atom is -0.384 e. The second-order valence-corrected chi connectivity index (χ2v) is 5.15. The average Bonchev–Trinajstić information content (AvgIpc) is 2.80. The van der Waals surface area contributed by atoms with Gasteiger partial charge in [-0.05, 0) is 37.4 Å². The van der Waals surface area contributed by atoms with Crippen LogP contribution in [-0.2, 0) is 4.74 Å². The maximum Gasteiger partial charge on any atom is 0.0503 e. The van der Waals surface area contributed by atoms with Crippen LogP contribution in [0, 0.1) is 12.8 Å². The molecule has 1 aliphatic rings. The Bertz CT molecular complexity index is 367. The van der Waals surface area contributed by atoms with Crippen molar-refractivity contribution < 1.29 is 4.74 Å². The van der Waals surface area contributed by atoms with Crippen molar-refractivity contribution in [2.24, 2.45) is 5.92 Å². The van der Waals surface area contributed by atoms with Crippen molar-refractivity contribution >= 4 is 5.69 Å². The predicted molar refractivity (Wildman–Crippen MR) is 76.1 cm³/mol. The van der Waals surface area contributed by atoms with Crippen LogP contribution in [0.5, 0.6) is 0 Å². The van der Waals surface area contributed by atoms with Gasteiger partial charge in [-0.15, -0.1) is 0 Å². The van der Waals surface area contributed by atoms with Crippen LogP contribution >= 0.6 is 0 Å². The molecule has 2 rings (SSSR count). The molecule has 1 fully saturated rings. The molecular formula is C15H24N2O. The number of hydrogen-bond donors (Lipinski definition) is 1. The van der Waals surface area contributed by atoms with E-state index in [-0.39, 0.29) is 0 Å². The topological polar surface area (TPSA) is 24.5 Å². The van der Waals surface area contributed by atoms with Gasteiger partial charge in [0, 0.05) is 32.4 Å². The normalized spacial score (nSPS) is 20.2. The summed E-state index contributed by atoms with van der Waals surface area (Å²) in [5.41, 5.74) is 2.57. The van der Waals surface area contributed by atoms with Crippen LogP contribution in [0.2, 0.25) is 0 Å². The van der Waals surface area contributed by atoms with Crippen LogP contribution in [0.1, 0.15) is 12.0 Å². The quantitative estimate of drug-likeness (QED) is 0.836. The standard InChI is InChI=1S/C15H24N2O/c1-13-5-3-4-6-15(13)16-8-10-17-9-7-14(11-17)12-18-2/h3-6,14,16H,7-12H2,1-2H3. The number of anilines is 1. The molecule has 1 N–H and O–H groups in total. The highest BCUT2D eigenvalue weighted by atomic mass is 16.5. The van der Waals surface area contributed by atoms with Gasteiger partial charge in [0.15, 0.2) is 0 Å². The van der Waals surface area contributed by atoms with Crippen molar-refractivity contribution in [1.82, 2.24) is 4.90 Å². The second kappa shape index (κ2) is 6.76. The van der Waals surface area contributed by atoms with Crippen molar-refractivity contribution in [2.75, 3.05) is 45.2 Å². The molecule has 3 heteroatoms. The molecule has 0 spiro atoms. The van der Waals surface area contributed by atoms with Crippen LogP contribution in [0.15, 0.2) is 24.3 Å². The Balaban J connectivity index is 1.69. The zero-order chi connectivity index (χ0) is 12.8. The summed E-state index contributed by atoms with van der Waals surface area (Å²) in [6.45, 7) is 7.58. The lowest BCUT2D eigenvalue weighted by molar-refractivity contribution is 0.153. The number of hydrogen-bond acceptors (Lipinski definition) is 3. The molecule has 1 aromatic carbocycles. The highest BCUT2D eigenvalue weighted by Crippen LogP contribution is 2.16. The van der Waals surface area contributed by atoms with Gasteiger partial charge in [-0.25, -0.2) is 0 Å². The first-order valence-electron chi connectivity index (χ1n) is 6.80. The summed E-state index contributed by atoms with van der Waals surface area (Å²) in [4.78, 5) is 2.52. The molecule has 1 aromatic rings. The fraction of sp³-hybridized carbons (Fsp3) is 0.600. The number of nitrogens with one attached hydrogen (secondary N) is 1. The van der Waals surface area contributed by atoms with Gasteiger partial charge in [0.25, 0.3) is 0 Å². The summed E-state index contributed by atoms with van der Waals surface area (Å²) >= 11 is 0. The Morgan fingerprint density at radius 1 is 1.39 bits per heavy atom. The third-order valence-corrected chi connectivity index (χ3v) is 3.66. The first-order chi connectivity index (χ1) is 8.79. The number of para-hydroxylation sites is 1. The Morgan fingerprint density at radius 2 is 2.22 bits per heavy atom. The van der Waals surface area contributed by atoms with E-state index in [1.54, 1.807) is 7.11 Å². The molecule has 0 aromatic heterocycles. The van der Waals surface area contributed by atoms with E-state index >= 15 is 0 Å². The Morgan fingerprint density at radius 3 is 3.00 bits per heavy atom. The Hall–Kier alpha value is -1.06. The van der Waals surface area contributed by atoms with Crippen molar-refractivity contribution in [1.29, 1.82) is 0 Å². The predicted octanol–water partition coefficient (Wildman–Crippen LogP) is 2.38. The van der Waals surface area contributed by atoms with Crippen LogP contribution in [0.3, 0.4) is 0 Å². The highest BCUT2D eigenvalue weighted by Gasteiger charge is 2.21. The third kappa shape index (κ3) is 3.72. The van der Waals surface area contributed by atoms with E-state index in [1.807, 2.05) is 0 Å². The molecule has 0 aliphatic carbocycles. The fourth-order valence-corrected chi connectivity index (χ4v) is 2.61. The van der Waals surface area contributed by atoms with E-state index in [2.05, 4.69) is 41.4 Å². The van der Waals surface area contributed by atoms with Gasteiger partial charge in [-0.1, -0.05) is 18.2 Å². The molecule has 1 saturated heterocycles. The van der Waals surface area contributed by atoms with Gasteiger partial charge in [-0.2, -0.15) is 0 Å². The number of rotatable bonds is 6. The molecule has 0 amide bonds. The van der Waals surface area contributed by atoms with Gasteiger partial charge < -0.3 is 15.0 Å². The summed E-state index contributed by atoms with van der Waals surface area (Å²) in [5, 5.41) is 3.51. The van der Waals surface area contributed by atoms with E-state index in [0.29, 0.717) is 0 Å². The van der Waals surface area contributed by atoms with Crippen molar-refractivity contribution in [3.63, 3.8) is 0 Å². The summed E-state index contributed by atoms with van der Waals surface area (Å²) in [7, 11) is 1.79. The average molecular weight is 248 g/mol. The molecule has 100 valence electrons. The molecule has 1 heterocycles. The molecule has 1 aliphatic heterocycles. The van der Waals surface area contributed by atoms with Crippen LogP contribution < -0.4 is 5.32 Å². The lowest BCUT2D eigenvalue weighted by Crippen LogP contribution is -2.27. The molecule has 0 bridgehead atoms. The molecule has 18 heavy (non-hydrogen) atoms. The third-order valence-electron chi connectivity index (χ3n) is 3.66. The number of methoxy groups -OCH3 is 1. The van der Waals surface area contributed by atoms with E-state index < -0.39 is 0 Å². The highest BCUT2D eigenvalue weighted by molar-refractivity contribution is 5.50. The molecule has 0 saturated carbocycles. The molecule has 0 radical (unpaired) electrons. The first-order valence-corrected chi connectivity index (χ1v) is 6.80. The summed E-state index contributed by atoms with van der Waals surface area (Å²) in [5.74, 6) is 0.730. The van der Waals surface area contributed by atoms with Gasteiger partial charge in [0.2, 0.25) is 0 Å². The van der Waals surface area contributed by atoms with Crippen molar-refractivity contribution in [2.45, 2.75) is 13.3 Å². The zero-order valence-corrected chi connectivity index (χ0v) is 11.5. The molecule has 1 unspecified atom stereocenters. The molecule has 1 atom stereocenters. The maximum absolute atomic E-state index is 5.22. The van der Waals surface area contributed by atoms with E-state index in [9.17, 15) is 0 Å². The van der Waals surface area contributed by atoms with Crippen LogP contribution in [0.25, 0.3) is 0 Å². The van der Waals surface area contributed by atoms with E-state index in [1.165, 1.54) is 30.8 Å². The van der Waals surface area contributed by atoms with E-state index in [4.69, 9.17) is 4.74 Å². The summed E-state index contributed by atoms with van der Waals surface area (Å²) in [6.07, 6.45) is 1.28. The van der Waals surface area contributed by atoms with Crippen molar-refractivity contribution in [3.05, 3.63) is 29.8 Å². The van der Waals surface area contributed by atoms with E-state index in [0.717, 1.165) is 25.6 Å². The van der Waals surface area contributed by atoms with Crippen LogP contribution in [-0.4, -0.2) is 44.8 Å². The molecular weight excluding hydrogens is 224 g/mol. The van der Waals surface area contributed by atoms with Gasteiger partial charge in [0.1, 0.15) is 0 Å². The van der Waals surface area contributed by atoms with Gasteiger partial charge in [0.05, 0.1) is 6.61 Å². The summed E-state index contributed by atoms with van der Waals surface area (Å²) in [6, 6.07) is 8.45. The molecule has 3 nitrogen and oxygen atoms in total. The Labute approximate surface area is 110 Å². The monoisotopic (exact) mass is 248 g/mol. The number of aryl methyl sites for hydroxylation is 1. The minimum absolute atomic E-state index is 0.730. The lowest BCUT2D eigenvalue weighted by atomic mass is 10.1. The second-order valence-electron chi connectivity index (χ2n) is 5.15. The number of likely N-dealkylation sites (tertiary alicyclic amines) is 1. The lowest BCUT2D eigenvalue weighted by Gasteiger charge is -2.17. The summed E-state index contributed by atoms with van der Waals surface area (Å²) < 4.78 is 5.22. The number of nitrogens with zero attached hydrogens (tertiary/aromatic N) is 1. The maximum atomic E-state index is 5.22. The Kier molecular flexibility index (Phi) is 5.02.